The van der Waals surface area contributed by atoms with Gasteiger partial charge in [0.1, 0.15) is 17.3 Å². The van der Waals surface area contributed by atoms with Gasteiger partial charge < -0.3 is 4.74 Å². The predicted molar refractivity (Wildman–Crippen MR) is 104 cm³/mol. The molecule has 6 nitrogen and oxygen atoms in total. The largest absolute Gasteiger partial charge is 0.380 e. The Hall–Kier alpha value is -1.11. The number of carbonyl (C=O) groups excluding carboxylic acids is 3. The number of nitrogens with zero attached hydrogens (tertiary/aromatic N) is 2. The summed E-state index contributed by atoms with van der Waals surface area (Å²) in [6.45, 7) is 18.5. The second-order valence-electron chi connectivity index (χ2n) is 5.29. The van der Waals surface area contributed by atoms with Crippen LogP contribution in [0.2, 0.25) is 0 Å². The highest BCUT2D eigenvalue weighted by Crippen LogP contribution is 1.95. The Bertz CT molecular complexity index is 330. The zero-order valence-electron chi connectivity index (χ0n) is 17.7. The minimum Gasteiger partial charge on any atom is -0.380 e. The van der Waals surface area contributed by atoms with Crippen molar-refractivity contribution in [1.29, 1.82) is 0 Å². The molecule has 0 amide bonds. The third kappa shape index (κ3) is 22.9. The van der Waals surface area contributed by atoms with E-state index in [0.29, 0.717) is 39.4 Å². The number of ether oxygens (including phenoxy) is 1. The Kier molecular flexibility index (Phi) is 24.0. The molecule has 0 spiro atoms. The van der Waals surface area contributed by atoms with Crippen LogP contribution >= 0.6 is 0 Å². The van der Waals surface area contributed by atoms with Gasteiger partial charge in [-0.25, -0.2) is 0 Å². The first-order chi connectivity index (χ1) is 11.8. The van der Waals surface area contributed by atoms with E-state index in [9.17, 15) is 14.4 Å². The van der Waals surface area contributed by atoms with E-state index in [2.05, 4.69) is 0 Å². The summed E-state index contributed by atoms with van der Waals surface area (Å²) in [6.07, 6.45) is 0. The smallest absolute Gasteiger partial charge is 0.143 e. The van der Waals surface area contributed by atoms with E-state index in [-0.39, 0.29) is 30.4 Å². The molecule has 0 radical (unpaired) electrons. The standard InChI is InChI=1S/C15H28N2O4.2C2H6/c1-5-21-9-8-16(10-13(2)18)6-7-17(11-14(3)19)12-15(4)20;2*1-2/h5-12H2,1-4H3;2*1-2H3. The van der Waals surface area contributed by atoms with Gasteiger partial charge in [0, 0.05) is 26.2 Å². The van der Waals surface area contributed by atoms with Crippen molar-refractivity contribution in [1.82, 2.24) is 9.80 Å². The second kappa shape index (κ2) is 20.9. The Labute approximate surface area is 154 Å². The molecular formula is C19H40N2O4. The molecule has 0 fully saturated rings. The third-order valence-electron chi connectivity index (χ3n) is 2.83. The van der Waals surface area contributed by atoms with Crippen LogP contribution in [0.4, 0.5) is 0 Å². The molecule has 0 N–H and O–H groups in total. The average molecular weight is 361 g/mol. The highest BCUT2D eigenvalue weighted by atomic mass is 16.5. The lowest BCUT2D eigenvalue weighted by molar-refractivity contribution is -0.122. The van der Waals surface area contributed by atoms with Gasteiger partial charge in [0.25, 0.3) is 0 Å². The average Bonchev–Trinajstić information content (AvgIpc) is 2.54. The zero-order chi connectivity index (χ0) is 20.3. The lowest BCUT2D eigenvalue weighted by Crippen LogP contribution is -2.42. The van der Waals surface area contributed by atoms with E-state index in [4.69, 9.17) is 4.74 Å². The summed E-state index contributed by atoms with van der Waals surface area (Å²) < 4.78 is 5.31. The molecule has 0 bridgehead atoms. The van der Waals surface area contributed by atoms with Crippen molar-refractivity contribution in [3.05, 3.63) is 0 Å². The first-order valence-corrected chi connectivity index (χ1v) is 9.35. The fraction of sp³-hybridized carbons (Fsp3) is 0.842. The van der Waals surface area contributed by atoms with Gasteiger partial charge >= 0.3 is 0 Å². The SMILES string of the molecule is CC.CC.CCOCCN(CCN(CC(C)=O)CC(C)=O)CC(C)=O. The maximum atomic E-state index is 11.3. The highest BCUT2D eigenvalue weighted by molar-refractivity contribution is 5.80. The van der Waals surface area contributed by atoms with Gasteiger partial charge in [0.15, 0.2) is 0 Å². The van der Waals surface area contributed by atoms with E-state index < -0.39 is 0 Å². The van der Waals surface area contributed by atoms with Crippen molar-refractivity contribution in [2.45, 2.75) is 55.4 Å². The zero-order valence-corrected chi connectivity index (χ0v) is 17.7. The summed E-state index contributed by atoms with van der Waals surface area (Å²) in [6, 6.07) is 0. The molecule has 0 aromatic carbocycles. The number of Topliss-reactive ketones (excluding diaryl/α,β-unsaturated/α-hetero) is 3. The monoisotopic (exact) mass is 360 g/mol. The van der Waals surface area contributed by atoms with Crippen molar-refractivity contribution in [3.8, 4) is 0 Å². The molecule has 0 aromatic heterocycles. The van der Waals surface area contributed by atoms with Gasteiger partial charge in [0.05, 0.1) is 26.2 Å². The van der Waals surface area contributed by atoms with E-state index in [1.54, 1.807) is 6.92 Å². The van der Waals surface area contributed by atoms with Crippen molar-refractivity contribution < 1.29 is 19.1 Å². The summed E-state index contributed by atoms with van der Waals surface area (Å²) in [7, 11) is 0. The minimum absolute atomic E-state index is 0.0312. The lowest BCUT2D eigenvalue weighted by atomic mass is 10.3. The summed E-state index contributed by atoms with van der Waals surface area (Å²) >= 11 is 0. The van der Waals surface area contributed by atoms with Crippen LogP contribution in [0.5, 0.6) is 0 Å². The van der Waals surface area contributed by atoms with Gasteiger partial charge in [-0.15, -0.1) is 0 Å². The van der Waals surface area contributed by atoms with Crippen LogP contribution in [0.3, 0.4) is 0 Å². The Morgan fingerprint density at radius 1 is 0.680 bits per heavy atom. The number of ketones is 3. The Morgan fingerprint density at radius 3 is 1.40 bits per heavy atom. The molecule has 0 aromatic rings. The molecule has 6 heteroatoms. The molecule has 0 heterocycles. The van der Waals surface area contributed by atoms with Crippen LogP contribution in [0, 0.1) is 0 Å². The molecule has 0 aliphatic carbocycles. The number of hydrogen-bond donors (Lipinski definition) is 0. The number of carbonyl (C=O) groups is 3. The first kappa shape index (κ1) is 28.7. The normalized spacial score (nSPS) is 9.84. The maximum Gasteiger partial charge on any atom is 0.143 e. The maximum absolute atomic E-state index is 11.3. The molecule has 0 aliphatic heterocycles. The summed E-state index contributed by atoms with van der Waals surface area (Å²) in [5.74, 6) is 0.156. The predicted octanol–water partition coefficient (Wildman–Crippen LogP) is 2.45. The van der Waals surface area contributed by atoms with Gasteiger partial charge in [-0.1, -0.05) is 27.7 Å². The third-order valence-corrected chi connectivity index (χ3v) is 2.83. The Morgan fingerprint density at radius 2 is 1.04 bits per heavy atom. The topological polar surface area (TPSA) is 66.9 Å². The molecule has 25 heavy (non-hydrogen) atoms. The van der Waals surface area contributed by atoms with E-state index in [0.717, 1.165) is 0 Å². The molecular weight excluding hydrogens is 320 g/mol. The molecule has 0 unspecified atom stereocenters. The van der Waals surface area contributed by atoms with Crippen LogP contribution in [0.15, 0.2) is 0 Å². The van der Waals surface area contributed by atoms with Crippen molar-refractivity contribution in [3.63, 3.8) is 0 Å². The summed E-state index contributed by atoms with van der Waals surface area (Å²) in [4.78, 5) is 37.5. The van der Waals surface area contributed by atoms with Crippen molar-refractivity contribution in [2.24, 2.45) is 0 Å². The van der Waals surface area contributed by atoms with Crippen molar-refractivity contribution >= 4 is 17.3 Å². The second-order valence-corrected chi connectivity index (χ2v) is 5.29. The van der Waals surface area contributed by atoms with E-state index in [1.807, 2.05) is 44.4 Å². The summed E-state index contributed by atoms with van der Waals surface area (Å²) in [5.41, 5.74) is 0. The van der Waals surface area contributed by atoms with E-state index in [1.165, 1.54) is 13.8 Å². The van der Waals surface area contributed by atoms with Crippen LogP contribution in [-0.4, -0.2) is 79.6 Å². The highest BCUT2D eigenvalue weighted by Gasteiger charge is 2.13. The fourth-order valence-electron chi connectivity index (χ4n) is 2.05. The van der Waals surface area contributed by atoms with Gasteiger partial charge in [0.2, 0.25) is 0 Å². The number of hydrogen-bond acceptors (Lipinski definition) is 6. The van der Waals surface area contributed by atoms with Gasteiger partial charge in [-0.05, 0) is 27.7 Å². The number of rotatable bonds is 13. The van der Waals surface area contributed by atoms with Crippen molar-refractivity contribution in [2.75, 3.05) is 52.5 Å². The first-order valence-electron chi connectivity index (χ1n) is 9.35. The summed E-state index contributed by atoms with van der Waals surface area (Å²) in [5, 5.41) is 0. The molecule has 0 saturated heterocycles. The minimum atomic E-state index is 0.0312. The molecule has 0 saturated carbocycles. The Balaban J connectivity index is -0.00000112. The molecule has 0 aliphatic rings. The lowest BCUT2D eigenvalue weighted by Gasteiger charge is -2.25. The van der Waals surface area contributed by atoms with Crippen LogP contribution in [-0.2, 0) is 19.1 Å². The van der Waals surface area contributed by atoms with Crippen LogP contribution in [0.1, 0.15) is 55.4 Å². The van der Waals surface area contributed by atoms with Gasteiger partial charge in [-0.2, -0.15) is 0 Å². The molecule has 150 valence electrons. The molecule has 0 atom stereocenters. The van der Waals surface area contributed by atoms with Crippen LogP contribution in [0.25, 0.3) is 0 Å². The van der Waals surface area contributed by atoms with Crippen LogP contribution < -0.4 is 0 Å². The van der Waals surface area contributed by atoms with Gasteiger partial charge in [-0.3, -0.25) is 24.2 Å². The molecule has 0 rings (SSSR count). The quantitative estimate of drug-likeness (QED) is 0.470. The fourth-order valence-corrected chi connectivity index (χ4v) is 2.05. The van der Waals surface area contributed by atoms with E-state index >= 15 is 0 Å².